The van der Waals surface area contributed by atoms with Gasteiger partial charge < -0.3 is 15.0 Å². The standard InChI is InChI=1S/C24H28N2O3S/c1-29-24(28)22-19-10-6-3-7-11-20(19)30-23(22)25-21(27)16-26-14-12-18(13-15-26)17-8-4-2-5-9-17/h2,4-5,8-9,12H,3,6-7,10-11,13-16H2,1H3,(H,25,27)/p+1. The molecule has 1 atom stereocenters. The minimum Gasteiger partial charge on any atom is -0.465 e. The van der Waals surface area contributed by atoms with Gasteiger partial charge in [0.2, 0.25) is 0 Å². The number of thiophene rings is 1. The maximum atomic E-state index is 12.8. The lowest BCUT2D eigenvalue weighted by molar-refractivity contribution is -0.886. The van der Waals surface area contributed by atoms with E-state index in [0.717, 1.165) is 50.8 Å². The zero-order valence-corrected chi connectivity index (χ0v) is 18.3. The summed E-state index contributed by atoms with van der Waals surface area (Å²) in [6.07, 6.45) is 8.47. The van der Waals surface area contributed by atoms with Crippen molar-refractivity contribution in [3.05, 3.63) is 58.0 Å². The fourth-order valence-electron chi connectivity index (χ4n) is 4.40. The van der Waals surface area contributed by atoms with Crippen molar-refractivity contribution < 1.29 is 19.2 Å². The molecule has 1 amide bonds. The number of anilines is 1. The van der Waals surface area contributed by atoms with Crippen LogP contribution in [0, 0.1) is 0 Å². The van der Waals surface area contributed by atoms with Crippen LogP contribution in [0.1, 0.15) is 52.0 Å². The number of esters is 1. The Kier molecular flexibility index (Phi) is 6.65. The van der Waals surface area contributed by atoms with Gasteiger partial charge in [-0.1, -0.05) is 36.8 Å². The number of benzene rings is 1. The fourth-order valence-corrected chi connectivity index (χ4v) is 5.70. The summed E-state index contributed by atoms with van der Waals surface area (Å²) in [6.45, 7) is 2.17. The molecule has 2 heterocycles. The molecule has 1 aromatic carbocycles. The molecular formula is C24H29N2O3S+. The molecule has 0 bridgehead atoms. The van der Waals surface area contributed by atoms with Crippen molar-refractivity contribution in [3.63, 3.8) is 0 Å². The normalized spacial score (nSPS) is 18.7. The Hall–Kier alpha value is -2.44. The number of rotatable bonds is 5. The molecule has 30 heavy (non-hydrogen) atoms. The topological polar surface area (TPSA) is 59.8 Å². The molecule has 2 N–H and O–H groups in total. The average Bonchev–Trinajstić information content (AvgIpc) is 2.94. The predicted octanol–water partition coefficient (Wildman–Crippen LogP) is 3.11. The highest BCUT2D eigenvalue weighted by Crippen LogP contribution is 2.37. The van der Waals surface area contributed by atoms with Crippen molar-refractivity contribution in [2.24, 2.45) is 0 Å². The lowest BCUT2D eigenvalue weighted by atomic mass is 10.00. The van der Waals surface area contributed by atoms with E-state index in [-0.39, 0.29) is 11.9 Å². The van der Waals surface area contributed by atoms with Crippen molar-refractivity contribution in [3.8, 4) is 0 Å². The summed E-state index contributed by atoms with van der Waals surface area (Å²) in [6, 6.07) is 10.4. The molecule has 0 fully saturated rings. The lowest BCUT2D eigenvalue weighted by Crippen LogP contribution is -3.13. The molecule has 2 aromatic rings. The van der Waals surface area contributed by atoms with Gasteiger partial charge in [-0.3, -0.25) is 4.79 Å². The van der Waals surface area contributed by atoms with Gasteiger partial charge in [0.25, 0.3) is 5.91 Å². The molecule has 2 aliphatic rings. The lowest BCUT2D eigenvalue weighted by Gasteiger charge is -2.23. The van der Waals surface area contributed by atoms with E-state index in [1.807, 2.05) is 6.07 Å². The first-order valence-corrected chi connectivity index (χ1v) is 11.6. The van der Waals surface area contributed by atoms with Crippen LogP contribution in [-0.4, -0.2) is 38.6 Å². The molecule has 4 rings (SSSR count). The van der Waals surface area contributed by atoms with Crippen LogP contribution in [0.5, 0.6) is 0 Å². The zero-order valence-electron chi connectivity index (χ0n) is 17.5. The van der Waals surface area contributed by atoms with Crippen LogP contribution in [-0.2, 0) is 22.4 Å². The quantitative estimate of drug-likeness (QED) is 0.572. The monoisotopic (exact) mass is 425 g/mol. The third-order valence-corrected chi connectivity index (χ3v) is 7.21. The number of quaternary nitrogens is 1. The number of carbonyl (C=O) groups is 2. The fraction of sp³-hybridized carbons (Fsp3) is 0.417. The first kappa shape index (κ1) is 20.8. The second-order valence-electron chi connectivity index (χ2n) is 8.03. The van der Waals surface area contributed by atoms with Crippen LogP contribution in [0.2, 0.25) is 0 Å². The Bertz CT molecular complexity index is 949. The van der Waals surface area contributed by atoms with Gasteiger partial charge in [0.15, 0.2) is 6.54 Å². The summed E-state index contributed by atoms with van der Waals surface area (Å²) in [5.41, 5.74) is 4.28. The number of ether oxygens (including phenoxy) is 1. The maximum absolute atomic E-state index is 12.8. The number of methoxy groups -OCH3 is 1. The van der Waals surface area contributed by atoms with Gasteiger partial charge in [0.1, 0.15) is 5.00 Å². The van der Waals surface area contributed by atoms with E-state index < -0.39 is 0 Å². The van der Waals surface area contributed by atoms with Gasteiger partial charge in [0, 0.05) is 11.3 Å². The van der Waals surface area contributed by atoms with E-state index in [0.29, 0.717) is 17.1 Å². The number of carbonyl (C=O) groups excluding carboxylic acids is 2. The predicted molar refractivity (Wildman–Crippen MR) is 120 cm³/mol. The Morgan fingerprint density at radius 1 is 1.10 bits per heavy atom. The molecule has 158 valence electrons. The van der Waals surface area contributed by atoms with Gasteiger partial charge in [-0.05, 0) is 48.5 Å². The molecule has 0 saturated heterocycles. The van der Waals surface area contributed by atoms with Gasteiger partial charge in [-0.2, -0.15) is 0 Å². The van der Waals surface area contributed by atoms with E-state index >= 15 is 0 Å². The molecular weight excluding hydrogens is 396 g/mol. The number of fused-ring (bicyclic) bond motifs is 1. The van der Waals surface area contributed by atoms with Crippen molar-refractivity contribution in [1.82, 2.24) is 0 Å². The van der Waals surface area contributed by atoms with Crippen molar-refractivity contribution >= 4 is 33.8 Å². The van der Waals surface area contributed by atoms with Crippen LogP contribution >= 0.6 is 11.3 Å². The molecule has 0 saturated carbocycles. The third-order valence-electron chi connectivity index (χ3n) is 6.00. The molecule has 0 radical (unpaired) electrons. The van der Waals surface area contributed by atoms with Gasteiger partial charge >= 0.3 is 5.97 Å². The molecule has 6 heteroatoms. The Morgan fingerprint density at radius 3 is 2.63 bits per heavy atom. The number of aryl methyl sites for hydroxylation is 1. The molecule has 1 aliphatic heterocycles. The van der Waals surface area contributed by atoms with E-state index in [1.165, 1.54) is 34.4 Å². The zero-order chi connectivity index (χ0) is 20.9. The van der Waals surface area contributed by atoms with Crippen LogP contribution in [0.25, 0.3) is 5.57 Å². The second kappa shape index (κ2) is 9.58. The average molecular weight is 426 g/mol. The van der Waals surface area contributed by atoms with Crippen LogP contribution in [0.3, 0.4) is 0 Å². The van der Waals surface area contributed by atoms with Crippen molar-refractivity contribution in [2.75, 3.05) is 32.1 Å². The number of hydrogen-bond acceptors (Lipinski definition) is 4. The van der Waals surface area contributed by atoms with Crippen LogP contribution in [0.4, 0.5) is 5.00 Å². The van der Waals surface area contributed by atoms with E-state index in [2.05, 4.69) is 35.7 Å². The highest BCUT2D eigenvalue weighted by atomic mass is 32.1. The van der Waals surface area contributed by atoms with Crippen LogP contribution in [0.15, 0.2) is 36.4 Å². The molecule has 1 aliphatic carbocycles. The minimum absolute atomic E-state index is 0.0388. The largest absolute Gasteiger partial charge is 0.465 e. The molecule has 0 spiro atoms. The highest BCUT2D eigenvalue weighted by molar-refractivity contribution is 7.17. The summed E-state index contributed by atoms with van der Waals surface area (Å²) in [5, 5.41) is 3.69. The van der Waals surface area contributed by atoms with E-state index in [4.69, 9.17) is 4.74 Å². The molecule has 1 aromatic heterocycles. The Labute approximate surface area is 181 Å². The van der Waals surface area contributed by atoms with Gasteiger partial charge in [0.05, 0.1) is 25.8 Å². The number of amides is 1. The van der Waals surface area contributed by atoms with Crippen LogP contribution < -0.4 is 10.2 Å². The van der Waals surface area contributed by atoms with E-state index in [1.54, 1.807) is 11.3 Å². The van der Waals surface area contributed by atoms with Gasteiger partial charge in [-0.25, -0.2) is 4.79 Å². The first-order valence-electron chi connectivity index (χ1n) is 10.8. The minimum atomic E-state index is -0.342. The summed E-state index contributed by atoms with van der Waals surface area (Å²) >= 11 is 1.55. The summed E-state index contributed by atoms with van der Waals surface area (Å²) in [5.74, 6) is -0.381. The summed E-state index contributed by atoms with van der Waals surface area (Å²) in [4.78, 5) is 27.7. The van der Waals surface area contributed by atoms with Crippen molar-refractivity contribution in [2.45, 2.75) is 38.5 Å². The highest BCUT2D eigenvalue weighted by Gasteiger charge is 2.27. The summed E-state index contributed by atoms with van der Waals surface area (Å²) in [7, 11) is 1.41. The SMILES string of the molecule is COC(=O)c1c(NC(=O)C[NH+]2CC=C(c3ccccc3)CC2)sc2c1CCCCC2. The molecule has 1 unspecified atom stereocenters. The first-order chi connectivity index (χ1) is 14.7. The third kappa shape index (κ3) is 4.65. The Balaban J connectivity index is 1.42. The Morgan fingerprint density at radius 2 is 1.90 bits per heavy atom. The smallest absolute Gasteiger partial charge is 0.341 e. The maximum Gasteiger partial charge on any atom is 0.341 e. The second-order valence-corrected chi connectivity index (χ2v) is 9.14. The van der Waals surface area contributed by atoms with Gasteiger partial charge in [-0.15, -0.1) is 11.3 Å². The number of hydrogen-bond donors (Lipinski definition) is 2. The summed E-state index contributed by atoms with van der Waals surface area (Å²) < 4.78 is 5.03. The van der Waals surface area contributed by atoms with E-state index in [9.17, 15) is 9.59 Å². The number of nitrogens with one attached hydrogen (secondary N) is 2. The molecule has 5 nitrogen and oxygen atoms in total. The van der Waals surface area contributed by atoms with Crippen molar-refractivity contribution in [1.29, 1.82) is 0 Å².